The summed E-state index contributed by atoms with van der Waals surface area (Å²) in [6.07, 6.45) is 9.99. The lowest BCUT2D eigenvalue weighted by Crippen LogP contribution is -2.24. The summed E-state index contributed by atoms with van der Waals surface area (Å²) in [6, 6.07) is 12.8. The van der Waals surface area contributed by atoms with Gasteiger partial charge in [-0.2, -0.15) is 0 Å². The summed E-state index contributed by atoms with van der Waals surface area (Å²) in [4.78, 5) is 39.2. The Balaban J connectivity index is 1.45. The van der Waals surface area contributed by atoms with E-state index in [1.54, 1.807) is 0 Å². The number of hydrogen-bond donors (Lipinski definition) is 0. The second kappa shape index (κ2) is 11.5. The Morgan fingerprint density at radius 3 is 2.28 bits per heavy atom. The van der Waals surface area contributed by atoms with Crippen LogP contribution in [0, 0.1) is 25.7 Å². The van der Waals surface area contributed by atoms with Crippen molar-refractivity contribution in [2.45, 2.75) is 91.4 Å². The third-order valence-electron chi connectivity index (χ3n) is 8.23. The first kappa shape index (κ1) is 26.3. The number of allylic oxidation sites excluding steroid dienone is 2. The van der Waals surface area contributed by atoms with Crippen molar-refractivity contribution >= 4 is 22.9 Å². The van der Waals surface area contributed by atoms with Crippen LogP contribution in [0.2, 0.25) is 0 Å². The molecule has 36 heavy (non-hydrogen) atoms. The van der Waals surface area contributed by atoms with Gasteiger partial charge in [0, 0.05) is 29.4 Å². The van der Waals surface area contributed by atoms with Gasteiger partial charge in [0.15, 0.2) is 5.78 Å². The summed E-state index contributed by atoms with van der Waals surface area (Å²) in [7, 11) is 0. The second-order valence-electron chi connectivity index (χ2n) is 11.1. The number of aryl methyl sites for hydroxylation is 2. The van der Waals surface area contributed by atoms with Gasteiger partial charge in [-0.1, -0.05) is 68.7 Å². The minimum absolute atomic E-state index is 0.0358. The largest absolute Gasteiger partial charge is 0.294 e. The van der Waals surface area contributed by atoms with E-state index in [2.05, 4.69) is 51.1 Å². The van der Waals surface area contributed by atoms with Crippen molar-refractivity contribution in [1.29, 1.82) is 0 Å². The fourth-order valence-electron chi connectivity index (χ4n) is 5.94. The minimum Gasteiger partial charge on any atom is -0.294 e. The summed E-state index contributed by atoms with van der Waals surface area (Å²) in [5.41, 5.74) is 6.70. The molecular weight excluding hydrogens is 444 g/mol. The van der Waals surface area contributed by atoms with E-state index >= 15 is 0 Å². The Hall–Kier alpha value is -2.81. The molecule has 1 unspecified atom stereocenters. The molecule has 2 aliphatic rings. The van der Waals surface area contributed by atoms with Crippen LogP contribution < -0.4 is 0 Å². The maximum atomic E-state index is 13.6. The monoisotopic (exact) mass is 484 g/mol. The molecule has 0 aromatic heterocycles. The van der Waals surface area contributed by atoms with Crippen LogP contribution >= 0.6 is 0 Å². The average molecular weight is 485 g/mol. The molecule has 4 rings (SSSR count). The summed E-state index contributed by atoms with van der Waals surface area (Å²) in [5.74, 6) is 0.232. The van der Waals surface area contributed by atoms with Gasteiger partial charge in [0.1, 0.15) is 0 Å². The van der Waals surface area contributed by atoms with Crippen LogP contribution in [0.5, 0.6) is 0 Å². The highest BCUT2D eigenvalue weighted by Gasteiger charge is 2.32. The lowest BCUT2D eigenvalue weighted by molar-refractivity contribution is -0.133. The number of Topliss-reactive ketones (excluding diaryl/α,β-unsaturated/α-hetero) is 3. The van der Waals surface area contributed by atoms with Gasteiger partial charge in [0.25, 0.3) is 0 Å². The zero-order valence-corrected chi connectivity index (χ0v) is 22.4. The highest BCUT2D eigenvalue weighted by Crippen LogP contribution is 2.40. The average Bonchev–Trinajstić information content (AvgIpc) is 3.19. The summed E-state index contributed by atoms with van der Waals surface area (Å²) >= 11 is 0. The van der Waals surface area contributed by atoms with Crippen molar-refractivity contribution in [3.8, 4) is 0 Å². The predicted octanol–water partition coefficient (Wildman–Crippen LogP) is 7.75. The molecule has 0 amide bonds. The zero-order chi connectivity index (χ0) is 25.8. The third-order valence-corrected chi connectivity index (χ3v) is 8.23. The number of rotatable bonds is 10. The van der Waals surface area contributed by atoms with Crippen LogP contribution in [0.1, 0.15) is 109 Å². The van der Waals surface area contributed by atoms with Gasteiger partial charge in [-0.15, -0.1) is 0 Å². The Kier molecular flexibility index (Phi) is 8.39. The van der Waals surface area contributed by atoms with Crippen LogP contribution in [0.15, 0.2) is 42.5 Å². The molecule has 0 N–H and O–H groups in total. The van der Waals surface area contributed by atoms with Gasteiger partial charge >= 0.3 is 0 Å². The smallest absolute Gasteiger partial charge is 0.228 e. The van der Waals surface area contributed by atoms with Crippen LogP contribution in [-0.4, -0.2) is 17.3 Å². The summed E-state index contributed by atoms with van der Waals surface area (Å²) in [5, 5.41) is 0. The number of fused-ring (bicyclic) bond motifs is 1. The number of carbonyl (C=O) groups is 3. The molecule has 0 radical (unpaired) electrons. The van der Waals surface area contributed by atoms with E-state index in [1.807, 2.05) is 19.1 Å². The second-order valence-corrected chi connectivity index (χ2v) is 11.1. The van der Waals surface area contributed by atoms with Gasteiger partial charge in [0.2, 0.25) is 11.6 Å². The number of unbranched alkanes of at least 4 members (excludes halogenated alkanes) is 2. The van der Waals surface area contributed by atoms with Crippen molar-refractivity contribution in [3.05, 3.63) is 75.9 Å². The molecular formula is C33H40O3. The van der Waals surface area contributed by atoms with Gasteiger partial charge in [-0.3, -0.25) is 14.4 Å². The van der Waals surface area contributed by atoms with E-state index in [-0.39, 0.29) is 23.4 Å². The molecule has 190 valence electrons. The molecule has 3 heteroatoms. The standard InChI is InChI=1S/C33H40O3/c1-5-6-7-8-31(34)33(36)30-18-22(3)27-17-23(4)28(20-29(27)30)32(35)26-15-13-25(14-16-26)19-24-11-9-21(2)10-12-24/h9-12,17-18,20,22,25-26H,5-8,13-16,19H2,1-4H3. The molecule has 2 aromatic rings. The van der Waals surface area contributed by atoms with E-state index in [1.165, 1.54) is 11.1 Å². The van der Waals surface area contributed by atoms with Gasteiger partial charge in [-0.05, 0) is 86.6 Å². The number of benzene rings is 2. The molecule has 1 atom stereocenters. The fourth-order valence-corrected chi connectivity index (χ4v) is 5.94. The highest BCUT2D eigenvalue weighted by molar-refractivity contribution is 6.54. The Morgan fingerprint density at radius 1 is 0.917 bits per heavy atom. The third kappa shape index (κ3) is 5.77. The normalized spacial score (nSPS) is 21.1. The first-order chi connectivity index (χ1) is 17.3. The van der Waals surface area contributed by atoms with Crippen LogP contribution in [0.25, 0.3) is 5.57 Å². The molecule has 0 heterocycles. The predicted molar refractivity (Wildman–Crippen MR) is 146 cm³/mol. The van der Waals surface area contributed by atoms with Gasteiger partial charge in [-0.25, -0.2) is 0 Å². The summed E-state index contributed by atoms with van der Waals surface area (Å²) in [6.45, 7) is 8.25. The molecule has 3 nitrogen and oxygen atoms in total. The lowest BCUT2D eigenvalue weighted by Gasteiger charge is -2.28. The maximum absolute atomic E-state index is 13.6. The molecule has 2 aromatic carbocycles. The highest BCUT2D eigenvalue weighted by atomic mass is 16.2. The summed E-state index contributed by atoms with van der Waals surface area (Å²) < 4.78 is 0. The zero-order valence-electron chi connectivity index (χ0n) is 22.4. The van der Waals surface area contributed by atoms with Crippen LogP contribution in [0.3, 0.4) is 0 Å². The SMILES string of the molecule is CCCCCC(=O)C(=O)C1=CC(C)c2cc(C)c(C(=O)C3CCC(Cc4ccc(C)cc4)CC3)cc21. The number of ketones is 3. The first-order valence-electron chi connectivity index (χ1n) is 13.8. The number of hydrogen-bond acceptors (Lipinski definition) is 3. The Labute approximate surface area is 216 Å². The van der Waals surface area contributed by atoms with E-state index in [0.29, 0.717) is 17.9 Å². The molecule has 0 aliphatic heterocycles. The van der Waals surface area contributed by atoms with E-state index in [9.17, 15) is 14.4 Å². The van der Waals surface area contributed by atoms with E-state index < -0.39 is 5.78 Å². The number of carbonyl (C=O) groups excluding carboxylic acids is 3. The quantitative estimate of drug-likeness (QED) is 0.197. The van der Waals surface area contributed by atoms with Crippen molar-refractivity contribution in [3.63, 3.8) is 0 Å². The Morgan fingerprint density at radius 2 is 1.61 bits per heavy atom. The van der Waals surface area contributed by atoms with Crippen LogP contribution in [-0.2, 0) is 16.0 Å². The molecule has 1 saturated carbocycles. The minimum atomic E-state index is -0.393. The van der Waals surface area contributed by atoms with Gasteiger partial charge < -0.3 is 0 Å². The molecule has 2 aliphatic carbocycles. The first-order valence-corrected chi connectivity index (χ1v) is 13.8. The van der Waals surface area contributed by atoms with Crippen molar-refractivity contribution in [1.82, 2.24) is 0 Å². The Bertz CT molecular complexity index is 1160. The van der Waals surface area contributed by atoms with E-state index in [4.69, 9.17) is 0 Å². The van der Waals surface area contributed by atoms with Crippen molar-refractivity contribution in [2.75, 3.05) is 0 Å². The topological polar surface area (TPSA) is 51.2 Å². The molecule has 0 spiro atoms. The molecule has 1 fully saturated rings. The van der Waals surface area contributed by atoms with Gasteiger partial charge in [0.05, 0.1) is 0 Å². The van der Waals surface area contributed by atoms with Crippen molar-refractivity contribution in [2.24, 2.45) is 11.8 Å². The van der Waals surface area contributed by atoms with Crippen LogP contribution in [0.4, 0.5) is 0 Å². The fraction of sp³-hybridized carbons (Fsp3) is 0.485. The van der Waals surface area contributed by atoms with E-state index in [0.717, 1.165) is 73.6 Å². The van der Waals surface area contributed by atoms with Crippen molar-refractivity contribution < 1.29 is 14.4 Å². The molecule has 0 saturated heterocycles. The maximum Gasteiger partial charge on any atom is 0.228 e. The molecule has 0 bridgehead atoms. The lowest BCUT2D eigenvalue weighted by atomic mass is 9.76.